The summed E-state index contributed by atoms with van der Waals surface area (Å²) in [6, 6.07) is 2.51. The quantitative estimate of drug-likeness (QED) is 0.520. The van der Waals surface area contributed by atoms with Gasteiger partial charge in [-0.3, -0.25) is 10.1 Å². The first kappa shape index (κ1) is 8.96. The Balaban J connectivity index is 2.63. The molecule has 0 radical (unpaired) electrons. The van der Waals surface area contributed by atoms with E-state index in [-0.39, 0.29) is 17.5 Å². The van der Waals surface area contributed by atoms with Gasteiger partial charge in [0.05, 0.1) is 11.0 Å². The van der Waals surface area contributed by atoms with Gasteiger partial charge in [0.2, 0.25) is 0 Å². The van der Waals surface area contributed by atoms with Gasteiger partial charge in [-0.25, -0.2) is 0 Å². The third-order valence-corrected chi connectivity index (χ3v) is 2.55. The van der Waals surface area contributed by atoms with E-state index in [1.54, 1.807) is 0 Å². The Morgan fingerprint density at radius 3 is 2.93 bits per heavy atom. The molecule has 1 aromatic rings. The summed E-state index contributed by atoms with van der Waals surface area (Å²) in [6.45, 7) is 0. The molecule has 14 heavy (non-hydrogen) atoms. The summed E-state index contributed by atoms with van der Waals surface area (Å²) < 4.78 is 0. The van der Waals surface area contributed by atoms with Gasteiger partial charge in [0.15, 0.2) is 0 Å². The molecule has 0 amide bonds. The Bertz CT molecular complexity index is 403. The van der Waals surface area contributed by atoms with Crippen molar-refractivity contribution in [3.05, 3.63) is 33.4 Å². The number of hydrogen-bond donors (Lipinski definition) is 2. The topological polar surface area (TPSA) is 89.4 Å². The number of nitro groups is 1. The SMILES string of the molecule is NC1CCc2c1cc(O)cc2[N+](=O)[O-]. The first-order valence-corrected chi connectivity index (χ1v) is 4.35. The number of phenolic OH excluding ortho intramolecular Hbond substituents is 1. The van der Waals surface area contributed by atoms with E-state index in [2.05, 4.69) is 0 Å². The van der Waals surface area contributed by atoms with Crippen LogP contribution in [0.4, 0.5) is 5.69 Å². The monoisotopic (exact) mass is 194 g/mol. The van der Waals surface area contributed by atoms with Gasteiger partial charge in [0.1, 0.15) is 5.75 Å². The minimum atomic E-state index is -0.476. The maximum atomic E-state index is 10.7. The molecule has 1 unspecified atom stereocenters. The van der Waals surface area contributed by atoms with Crippen molar-refractivity contribution in [3.63, 3.8) is 0 Å². The predicted molar refractivity (Wildman–Crippen MR) is 50.0 cm³/mol. The third-order valence-electron chi connectivity index (χ3n) is 2.55. The van der Waals surface area contributed by atoms with Crippen LogP contribution in [0.25, 0.3) is 0 Å². The van der Waals surface area contributed by atoms with Crippen LogP contribution in [0, 0.1) is 10.1 Å². The van der Waals surface area contributed by atoms with Crippen LogP contribution >= 0.6 is 0 Å². The lowest BCUT2D eigenvalue weighted by atomic mass is 10.1. The van der Waals surface area contributed by atoms with Crippen LogP contribution in [0.3, 0.4) is 0 Å². The second kappa shape index (κ2) is 2.95. The molecule has 74 valence electrons. The van der Waals surface area contributed by atoms with Crippen molar-refractivity contribution in [1.82, 2.24) is 0 Å². The molecule has 0 spiro atoms. The standard InChI is InChI=1S/C9H10N2O3/c10-8-2-1-6-7(8)3-5(12)4-9(6)11(13)14/h3-4,8,12H,1-2,10H2. The Hall–Kier alpha value is -1.62. The highest BCUT2D eigenvalue weighted by molar-refractivity contribution is 5.53. The van der Waals surface area contributed by atoms with E-state index in [9.17, 15) is 15.2 Å². The summed E-state index contributed by atoms with van der Waals surface area (Å²) in [4.78, 5) is 10.2. The van der Waals surface area contributed by atoms with Crippen molar-refractivity contribution in [2.45, 2.75) is 18.9 Å². The third kappa shape index (κ3) is 1.22. The maximum Gasteiger partial charge on any atom is 0.276 e. The smallest absolute Gasteiger partial charge is 0.276 e. The van der Waals surface area contributed by atoms with Gasteiger partial charge in [-0.2, -0.15) is 0 Å². The second-order valence-electron chi connectivity index (χ2n) is 3.43. The molecule has 0 fully saturated rings. The van der Waals surface area contributed by atoms with Crippen LogP contribution in [0.15, 0.2) is 12.1 Å². The van der Waals surface area contributed by atoms with Crippen LogP contribution in [0.2, 0.25) is 0 Å². The van der Waals surface area contributed by atoms with Gasteiger partial charge in [0.25, 0.3) is 5.69 Å². The highest BCUT2D eigenvalue weighted by Gasteiger charge is 2.27. The zero-order valence-corrected chi connectivity index (χ0v) is 7.43. The molecule has 0 aliphatic heterocycles. The van der Waals surface area contributed by atoms with Gasteiger partial charge in [-0.1, -0.05) is 0 Å². The second-order valence-corrected chi connectivity index (χ2v) is 3.43. The molecule has 2 rings (SSSR count). The molecule has 1 aliphatic carbocycles. The van der Waals surface area contributed by atoms with Crippen LogP contribution in [0.1, 0.15) is 23.6 Å². The van der Waals surface area contributed by atoms with E-state index in [1.165, 1.54) is 12.1 Å². The first-order valence-electron chi connectivity index (χ1n) is 4.35. The summed E-state index contributed by atoms with van der Waals surface area (Å²) in [6.07, 6.45) is 1.33. The lowest BCUT2D eigenvalue weighted by Gasteiger charge is -2.05. The molecule has 1 atom stereocenters. The molecular formula is C9H10N2O3. The summed E-state index contributed by atoms with van der Waals surface area (Å²) in [5.41, 5.74) is 7.10. The fourth-order valence-electron chi connectivity index (χ4n) is 1.88. The Morgan fingerprint density at radius 2 is 2.29 bits per heavy atom. The zero-order valence-electron chi connectivity index (χ0n) is 7.43. The van der Waals surface area contributed by atoms with Crippen LogP contribution in [-0.4, -0.2) is 10.0 Å². The average Bonchev–Trinajstić information content (AvgIpc) is 2.47. The predicted octanol–water partition coefficient (Wildman–Crippen LogP) is 1.25. The molecule has 5 nitrogen and oxygen atoms in total. The minimum Gasteiger partial charge on any atom is -0.508 e. The van der Waals surface area contributed by atoms with Gasteiger partial charge < -0.3 is 10.8 Å². The normalized spacial score (nSPS) is 19.4. The molecule has 1 aliphatic rings. The Kier molecular flexibility index (Phi) is 1.89. The number of rotatable bonds is 1. The summed E-state index contributed by atoms with van der Waals surface area (Å²) in [5, 5.41) is 20.0. The summed E-state index contributed by atoms with van der Waals surface area (Å²) >= 11 is 0. The van der Waals surface area contributed by atoms with Crippen molar-refractivity contribution in [3.8, 4) is 5.75 Å². The van der Waals surface area contributed by atoms with E-state index in [1.807, 2.05) is 0 Å². The molecule has 1 aromatic carbocycles. The van der Waals surface area contributed by atoms with Crippen molar-refractivity contribution in [1.29, 1.82) is 0 Å². The molecule has 0 heterocycles. The lowest BCUT2D eigenvalue weighted by Crippen LogP contribution is -2.05. The van der Waals surface area contributed by atoms with Gasteiger partial charge in [-0.05, 0) is 24.5 Å². The van der Waals surface area contributed by atoms with Gasteiger partial charge in [-0.15, -0.1) is 0 Å². The molecule has 0 saturated heterocycles. The number of nitrogens with two attached hydrogens (primary N) is 1. The van der Waals surface area contributed by atoms with Crippen molar-refractivity contribution >= 4 is 5.69 Å². The van der Waals surface area contributed by atoms with Crippen molar-refractivity contribution < 1.29 is 10.0 Å². The molecule has 5 heteroatoms. The first-order chi connectivity index (χ1) is 6.59. The molecule has 0 aromatic heterocycles. The van der Waals surface area contributed by atoms with Crippen molar-refractivity contribution in [2.24, 2.45) is 5.73 Å². The Morgan fingerprint density at radius 1 is 1.57 bits per heavy atom. The number of hydrogen-bond acceptors (Lipinski definition) is 4. The van der Waals surface area contributed by atoms with E-state index < -0.39 is 4.92 Å². The minimum absolute atomic E-state index is 0.0204. The number of fused-ring (bicyclic) bond motifs is 1. The highest BCUT2D eigenvalue weighted by Crippen LogP contribution is 2.38. The number of nitro benzene ring substituents is 1. The van der Waals surface area contributed by atoms with E-state index in [0.29, 0.717) is 24.0 Å². The molecular weight excluding hydrogens is 184 g/mol. The fourth-order valence-corrected chi connectivity index (χ4v) is 1.88. The molecule has 3 N–H and O–H groups in total. The molecule has 0 bridgehead atoms. The molecule has 0 saturated carbocycles. The van der Waals surface area contributed by atoms with Crippen LogP contribution in [-0.2, 0) is 6.42 Å². The summed E-state index contributed by atoms with van der Waals surface area (Å²) in [5.74, 6) is -0.0900. The van der Waals surface area contributed by atoms with E-state index in [0.717, 1.165) is 0 Å². The Labute approximate surface area is 80.3 Å². The van der Waals surface area contributed by atoms with Gasteiger partial charge >= 0.3 is 0 Å². The fraction of sp³-hybridized carbons (Fsp3) is 0.333. The van der Waals surface area contributed by atoms with E-state index in [4.69, 9.17) is 5.73 Å². The van der Waals surface area contributed by atoms with E-state index >= 15 is 0 Å². The van der Waals surface area contributed by atoms with Crippen molar-refractivity contribution in [2.75, 3.05) is 0 Å². The average molecular weight is 194 g/mol. The maximum absolute atomic E-state index is 10.7. The highest BCUT2D eigenvalue weighted by atomic mass is 16.6. The van der Waals surface area contributed by atoms with Crippen LogP contribution in [0.5, 0.6) is 5.75 Å². The zero-order chi connectivity index (χ0) is 10.3. The number of phenols is 1. The van der Waals surface area contributed by atoms with Crippen LogP contribution < -0.4 is 5.73 Å². The number of aromatic hydroxyl groups is 1. The van der Waals surface area contributed by atoms with Gasteiger partial charge in [0, 0.05) is 11.6 Å². The number of benzene rings is 1. The lowest BCUT2D eigenvalue weighted by molar-refractivity contribution is -0.385. The summed E-state index contributed by atoms with van der Waals surface area (Å²) in [7, 11) is 0. The number of nitrogens with zero attached hydrogens (tertiary/aromatic N) is 1. The largest absolute Gasteiger partial charge is 0.508 e.